The summed E-state index contributed by atoms with van der Waals surface area (Å²) in [7, 11) is 0. The van der Waals surface area contributed by atoms with Crippen LogP contribution >= 0.6 is 0 Å². The van der Waals surface area contributed by atoms with Crippen LogP contribution in [0.5, 0.6) is 0 Å². The molecule has 15 heavy (non-hydrogen) atoms. The van der Waals surface area contributed by atoms with Gasteiger partial charge in [-0.2, -0.15) is 5.10 Å². The van der Waals surface area contributed by atoms with Crippen LogP contribution in [0.4, 0.5) is 0 Å². The lowest BCUT2D eigenvalue weighted by Gasteiger charge is -2.11. The van der Waals surface area contributed by atoms with Crippen LogP contribution in [0, 0.1) is 19.3 Å². The highest BCUT2D eigenvalue weighted by Crippen LogP contribution is 2.48. The Labute approximate surface area is 91.1 Å². The van der Waals surface area contributed by atoms with E-state index in [0.29, 0.717) is 6.61 Å². The molecular formula is C12H20N2O. The second-order valence-electron chi connectivity index (χ2n) is 4.80. The summed E-state index contributed by atoms with van der Waals surface area (Å²) in [5.41, 5.74) is 3.95. The third kappa shape index (κ3) is 1.81. The predicted molar refractivity (Wildman–Crippen MR) is 59.8 cm³/mol. The van der Waals surface area contributed by atoms with Crippen LogP contribution in [0.15, 0.2) is 0 Å². The van der Waals surface area contributed by atoms with Crippen molar-refractivity contribution in [3.8, 4) is 0 Å². The summed E-state index contributed by atoms with van der Waals surface area (Å²) in [5, 5.41) is 13.8. The molecule has 3 nitrogen and oxygen atoms in total. The van der Waals surface area contributed by atoms with Crippen molar-refractivity contribution in [2.24, 2.45) is 5.41 Å². The van der Waals surface area contributed by atoms with E-state index in [9.17, 15) is 5.11 Å². The highest BCUT2D eigenvalue weighted by molar-refractivity contribution is 5.27. The van der Waals surface area contributed by atoms with E-state index in [2.05, 4.69) is 30.6 Å². The minimum absolute atomic E-state index is 0.192. The Morgan fingerprint density at radius 3 is 2.47 bits per heavy atom. The topological polar surface area (TPSA) is 38.0 Å². The summed E-state index contributed by atoms with van der Waals surface area (Å²) < 4.78 is 2.05. The molecule has 0 radical (unpaired) electrons. The van der Waals surface area contributed by atoms with Gasteiger partial charge >= 0.3 is 0 Å². The van der Waals surface area contributed by atoms with E-state index in [1.165, 1.54) is 24.1 Å². The van der Waals surface area contributed by atoms with Crippen LogP contribution in [0.3, 0.4) is 0 Å². The van der Waals surface area contributed by atoms with E-state index >= 15 is 0 Å². The van der Waals surface area contributed by atoms with Gasteiger partial charge in [0.25, 0.3) is 0 Å². The van der Waals surface area contributed by atoms with E-state index < -0.39 is 0 Å². The molecule has 1 aliphatic rings. The van der Waals surface area contributed by atoms with E-state index in [1.807, 2.05) is 0 Å². The van der Waals surface area contributed by atoms with Gasteiger partial charge in [-0.05, 0) is 51.0 Å². The summed E-state index contributed by atoms with van der Waals surface area (Å²) in [4.78, 5) is 0. The maximum absolute atomic E-state index is 9.34. The van der Waals surface area contributed by atoms with Crippen LogP contribution in [0.25, 0.3) is 0 Å². The Morgan fingerprint density at radius 1 is 1.40 bits per heavy atom. The Hall–Kier alpha value is -0.830. The van der Waals surface area contributed by atoms with Crippen molar-refractivity contribution in [3.05, 3.63) is 17.0 Å². The van der Waals surface area contributed by atoms with Gasteiger partial charge in [0, 0.05) is 18.8 Å². The zero-order valence-corrected chi connectivity index (χ0v) is 9.88. The average Bonchev–Trinajstić information content (AvgIpc) is 2.96. The Morgan fingerprint density at radius 2 is 2.07 bits per heavy atom. The Bertz CT molecular complexity index is 364. The molecule has 1 aromatic rings. The van der Waals surface area contributed by atoms with E-state index in [1.54, 1.807) is 0 Å². The molecule has 0 atom stereocenters. The van der Waals surface area contributed by atoms with Gasteiger partial charge in [0.1, 0.15) is 0 Å². The molecule has 1 aliphatic carbocycles. The fourth-order valence-corrected chi connectivity index (χ4v) is 2.24. The summed E-state index contributed by atoms with van der Waals surface area (Å²) >= 11 is 0. The second kappa shape index (κ2) is 3.63. The summed E-state index contributed by atoms with van der Waals surface area (Å²) in [6.07, 6.45) is 3.33. The SMILES string of the molecule is CCn1nc(C)c(CC2(CO)CC2)c1C. The predicted octanol–water partition coefficient (Wildman–Crippen LogP) is 1.83. The van der Waals surface area contributed by atoms with Crippen LogP contribution in [0.1, 0.15) is 36.7 Å². The Kier molecular flexibility index (Phi) is 2.59. The smallest absolute Gasteiger partial charge is 0.0628 e. The number of hydrogen-bond acceptors (Lipinski definition) is 2. The van der Waals surface area contributed by atoms with Crippen LogP contribution in [-0.2, 0) is 13.0 Å². The van der Waals surface area contributed by atoms with Crippen LogP contribution in [-0.4, -0.2) is 21.5 Å². The maximum atomic E-state index is 9.34. The first-order valence-electron chi connectivity index (χ1n) is 5.75. The van der Waals surface area contributed by atoms with Gasteiger partial charge in [-0.15, -0.1) is 0 Å². The molecule has 3 heteroatoms. The summed E-state index contributed by atoms with van der Waals surface area (Å²) in [5.74, 6) is 0. The molecule has 0 unspecified atom stereocenters. The van der Waals surface area contributed by atoms with Gasteiger partial charge in [-0.3, -0.25) is 4.68 Å². The van der Waals surface area contributed by atoms with Gasteiger partial charge in [0.05, 0.1) is 5.69 Å². The minimum Gasteiger partial charge on any atom is -0.396 e. The Balaban J connectivity index is 2.24. The highest BCUT2D eigenvalue weighted by Gasteiger charge is 2.42. The van der Waals surface area contributed by atoms with Gasteiger partial charge < -0.3 is 5.11 Å². The number of nitrogens with zero attached hydrogens (tertiary/aromatic N) is 2. The zero-order valence-electron chi connectivity index (χ0n) is 9.88. The molecule has 1 saturated carbocycles. The van der Waals surface area contributed by atoms with E-state index in [4.69, 9.17) is 0 Å². The van der Waals surface area contributed by atoms with Gasteiger partial charge in [-0.25, -0.2) is 0 Å². The van der Waals surface area contributed by atoms with Crippen LogP contribution in [0.2, 0.25) is 0 Å². The summed E-state index contributed by atoms with van der Waals surface area (Å²) in [6, 6.07) is 0. The molecule has 1 N–H and O–H groups in total. The number of hydrogen-bond donors (Lipinski definition) is 1. The molecular weight excluding hydrogens is 188 g/mol. The maximum Gasteiger partial charge on any atom is 0.0628 e. The van der Waals surface area contributed by atoms with Crippen molar-refractivity contribution >= 4 is 0 Å². The number of aliphatic hydroxyl groups is 1. The number of aromatic nitrogens is 2. The highest BCUT2D eigenvalue weighted by atomic mass is 16.3. The standard InChI is InChI=1S/C12H20N2O/c1-4-14-10(3)11(9(2)13-14)7-12(8-15)5-6-12/h15H,4-8H2,1-3H3. The first-order chi connectivity index (χ1) is 7.12. The van der Waals surface area contributed by atoms with Crippen molar-refractivity contribution in [2.45, 2.75) is 46.6 Å². The van der Waals surface area contributed by atoms with Crippen molar-refractivity contribution in [1.82, 2.24) is 9.78 Å². The van der Waals surface area contributed by atoms with Gasteiger partial charge in [0.15, 0.2) is 0 Å². The number of rotatable bonds is 4. The fourth-order valence-electron chi connectivity index (χ4n) is 2.24. The van der Waals surface area contributed by atoms with Gasteiger partial charge in [-0.1, -0.05) is 0 Å². The molecule has 0 bridgehead atoms. The molecule has 0 spiro atoms. The molecule has 84 valence electrons. The first-order valence-corrected chi connectivity index (χ1v) is 5.75. The second-order valence-corrected chi connectivity index (χ2v) is 4.80. The fraction of sp³-hybridized carbons (Fsp3) is 0.750. The lowest BCUT2D eigenvalue weighted by atomic mass is 9.96. The quantitative estimate of drug-likeness (QED) is 0.819. The van der Waals surface area contributed by atoms with Gasteiger partial charge in [0.2, 0.25) is 0 Å². The molecule has 1 fully saturated rings. The first kappa shape index (κ1) is 10.7. The van der Waals surface area contributed by atoms with Crippen molar-refractivity contribution in [2.75, 3.05) is 6.61 Å². The lowest BCUT2D eigenvalue weighted by Crippen LogP contribution is -2.11. The average molecular weight is 208 g/mol. The normalized spacial score (nSPS) is 18.1. The van der Waals surface area contributed by atoms with Crippen molar-refractivity contribution in [3.63, 3.8) is 0 Å². The van der Waals surface area contributed by atoms with E-state index in [-0.39, 0.29) is 5.41 Å². The monoisotopic (exact) mass is 208 g/mol. The largest absolute Gasteiger partial charge is 0.396 e. The molecule has 0 saturated heterocycles. The lowest BCUT2D eigenvalue weighted by molar-refractivity contribution is 0.211. The molecule has 1 heterocycles. The molecule has 0 aromatic carbocycles. The third-order valence-corrected chi connectivity index (χ3v) is 3.68. The van der Waals surface area contributed by atoms with Crippen molar-refractivity contribution < 1.29 is 5.11 Å². The zero-order chi connectivity index (χ0) is 11.1. The molecule has 0 amide bonds. The third-order valence-electron chi connectivity index (χ3n) is 3.68. The summed E-state index contributed by atoms with van der Waals surface area (Å²) in [6.45, 7) is 7.57. The number of aliphatic hydroxyl groups excluding tert-OH is 1. The molecule has 1 aromatic heterocycles. The number of aryl methyl sites for hydroxylation is 2. The van der Waals surface area contributed by atoms with Crippen LogP contribution < -0.4 is 0 Å². The molecule has 0 aliphatic heterocycles. The minimum atomic E-state index is 0.192. The van der Waals surface area contributed by atoms with E-state index in [0.717, 1.165) is 18.7 Å². The molecule has 2 rings (SSSR count). The van der Waals surface area contributed by atoms with Crippen molar-refractivity contribution in [1.29, 1.82) is 0 Å².